The van der Waals surface area contributed by atoms with Crippen LogP contribution >= 0.6 is 0 Å². The first-order valence-corrected chi connectivity index (χ1v) is 2.89. The minimum absolute atomic E-state index is 0.131. The molecule has 0 spiro atoms. The maximum Gasteiger partial charge on any atom is 0.343 e. The van der Waals surface area contributed by atoms with Gasteiger partial charge in [0.1, 0.15) is 17.7 Å². The number of hydrogen-bond acceptors (Lipinski definition) is 5. The van der Waals surface area contributed by atoms with Gasteiger partial charge in [-0.3, -0.25) is 0 Å². The van der Waals surface area contributed by atoms with Gasteiger partial charge >= 0.3 is 5.97 Å². The van der Waals surface area contributed by atoms with Crippen LogP contribution in [0.1, 0.15) is 10.4 Å². The van der Waals surface area contributed by atoms with Crippen molar-refractivity contribution in [3.05, 3.63) is 18.1 Å². The number of rotatable bonds is 1. The van der Waals surface area contributed by atoms with Crippen LogP contribution in [-0.4, -0.2) is 23.0 Å². The fourth-order valence-electron chi connectivity index (χ4n) is 0.606. The average Bonchev–Trinajstić information content (AvgIpc) is 2.04. The molecule has 0 fully saturated rings. The van der Waals surface area contributed by atoms with Gasteiger partial charge in [-0.25, -0.2) is 14.8 Å². The number of hydrogen-bond donors (Lipinski definition) is 1. The Hall–Kier alpha value is -1.65. The fraction of sp³-hybridized carbons (Fsp3) is 0.167. The van der Waals surface area contributed by atoms with Crippen LogP contribution in [-0.2, 0) is 4.74 Å². The van der Waals surface area contributed by atoms with E-state index in [1.54, 1.807) is 0 Å². The number of methoxy groups -OCH3 is 1. The number of aromatic nitrogens is 2. The number of anilines is 1. The second kappa shape index (κ2) is 2.96. The van der Waals surface area contributed by atoms with Gasteiger partial charge in [0.2, 0.25) is 0 Å². The summed E-state index contributed by atoms with van der Waals surface area (Å²) in [6.45, 7) is 0. The van der Waals surface area contributed by atoms with Crippen molar-refractivity contribution >= 4 is 11.8 Å². The fourth-order valence-corrected chi connectivity index (χ4v) is 0.606. The van der Waals surface area contributed by atoms with E-state index in [-0.39, 0.29) is 11.4 Å². The highest BCUT2D eigenvalue weighted by Gasteiger charge is 2.09. The molecule has 1 aromatic rings. The van der Waals surface area contributed by atoms with Crippen molar-refractivity contribution in [2.45, 2.75) is 0 Å². The Bertz CT molecular complexity index is 274. The third kappa shape index (κ3) is 1.43. The second-order valence-corrected chi connectivity index (χ2v) is 1.81. The zero-order valence-corrected chi connectivity index (χ0v) is 5.94. The third-order valence-electron chi connectivity index (χ3n) is 1.15. The van der Waals surface area contributed by atoms with E-state index in [0.717, 1.165) is 0 Å². The van der Waals surface area contributed by atoms with Crippen LogP contribution in [0.3, 0.4) is 0 Å². The van der Waals surface area contributed by atoms with Gasteiger partial charge in [-0.05, 0) is 0 Å². The third-order valence-corrected chi connectivity index (χ3v) is 1.15. The molecule has 58 valence electrons. The normalized spacial score (nSPS) is 9.18. The number of nitrogen functional groups attached to an aromatic ring is 1. The second-order valence-electron chi connectivity index (χ2n) is 1.81. The highest BCUT2D eigenvalue weighted by Crippen LogP contribution is 2.05. The number of nitrogens with zero attached hydrogens (tertiary/aromatic N) is 2. The summed E-state index contributed by atoms with van der Waals surface area (Å²) in [6, 6.07) is 0. The summed E-state index contributed by atoms with van der Waals surface area (Å²) in [6.07, 6.45) is 2.58. The van der Waals surface area contributed by atoms with E-state index in [4.69, 9.17) is 5.73 Å². The Morgan fingerprint density at radius 2 is 2.45 bits per heavy atom. The van der Waals surface area contributed by atoms with Crippen molar-refractivity contribution in [1.82, 2.24) is 9.97 Å². The van der Waals surface area contributed by atoms with Crippen LogP contribution in [0.4, 0.5) is 5.82 Å². The molecular weight excluding hydrogens is 146 g/mol. The lowest BCUT2D eigenvalue weighted by atomic mass is 10.3. The van der Waals surface area contributed by atoms with E-state index >= 15 is 0 Å². The van der Waals surface area contributed by atoms with Gasteiger partial charge in [-0.15, -0.1) is 0 Å². The Kier molecular flexibility index (Phi) is 2.00. The highest BCUT2D eigenvalue weighted by molar-refractivity contribution is 5.93. The lowest BCUT2D eigenvalue weighted by Gasteiger charge is -1.99. The Labute approximate surface area is 63.2 Å². The molecule has 0 aromatic carbocycles. The van der Waals surface area contributed by atoms with Crippen LogP contribution in [0, 0.1) is 0 Å². The van der Waals surface area contributed by atoms with E-state index in [2.05, 4.69) is 14.7 Å². The van der Waals surface area contributed by atoms with Gasteiger partial charge < -0.3 is 10.5 Å². The quantitative estimate of drug-likeness (QED) is 0.567. The van der Waals surface area contributed by atoms with E-state index in [1.165, 1.54) is 19.6 Å². The van der Waals surface area contributed by atoms with Gasteiger partial charge in [-0.2, -0.15) is 0 Å². The summed E-state index contributed by atoms with van der Waals surface area (Å²) in [7, 11) is 1.27. The van der Waals surface area contributed by atoms with E-state index in [0.29, 0.717) is 0 Å². The summed E-state index contributed by atoms with van der Waals surface area (Å²) in [5.74, 6) is -0.394. The molecule has 0 radical (unpaired) electrons. The molecule has 5 nitrogen and oxygen atoms in total. The van der Waals surface area contributed by atoms with Crippen LogP contribution in [0.15, 0.2) is 12.5 Å². The first kappa shape index (κ1) is 7.46. The molecule has 0 aliphatic carbocycles. The van der Waals surface area contributed by atoms with Crippen LogP contribution in [0.5, 0.6) is 0 Å². The number of nitrogens with two attached hydrogens (primary N) is 1. The monoisotopic (exact) mass is 153 g/mol. The lowest BCUT2D eigenvalue weighted by molar-refractivity contribution is 0.0601. The summed E-state index contributed by atoms with van der Waals surface area (Å²) in [4.78, 5) is 18.1. The van der Waals surface area contributed by atoms with Gasteiger partial charge in [-0.1, -0.05) is 0 Å². The number of ether oxygens (including phenoxy) is 1. The maximum atomic E-state index is 10.9. The summed E-state index contributed by atoms with van der Waals surface area (Å²) in [5, 5.41) is 0. The van der Waals surface area contributed by atoms with Crippen LogP contribution < -0.4 is 5.73 Å². The van der Waals surface area contributed by atoms with Crippen molar-refractivity contribution in [1.29, 1.82) is 0 Å². The van der Waals surface area contributed by atoms with Crippen molar-refractivity contribution in [3.63, 3.8) is 0 Å². The Balaban J connectivity index is 3.03. The smallest absolute Gasteiger partial charge is 0.343 e. The SMILES string of the molecule is COC(=O)c1cncnc1N. The summed E-state index contributed by atoms with van der Waals surface area (Å²) in [5.41, 5.74) is 5.53. The number of carbonyl (C=O) groups is 1. The molecule has 0 unspecified atom stereocenters. The summed E-state index contributed by atoms with van der Waals surface area (Å²) < 4.78 is 4.42. The average molecular weight is 153 g/mol. The topological polar surface area (TPSA) is 78.1 Å². The molecule has 0 saturated carbocycles. The molecular formula is C6H7N3O2. The predicted molar refractivity (Wildman–Crippen MR) is 37.8 cm³/mol. The highest BCUT2D eigenvalue weighted by atomic mass is 16.5. The van der Waals surface area contributed by atoms with E-state index in [1.807, 2.05) is 0 Å². The largest absolute Gasteiger partial charge is 0.465 e. The van der Waals surface area contributed by atoms with Gasteiger partial charge in [0, 0.05) is 6.20 Å². The minimum atomic E-state index is -0.525. The van der Waals surface area contributed by atoms with E-state index < -0.39 is 5.97 Å². The maximum absolute atomic E-state index is 10.9. The number of carbonyl (C=O) groups excluding carboxylic acids is 1. The molecule has 2 N–H and O–H groups in total. The van der Waals surface area contributed by atoms with Crippen molar-refractivity contribution in [2.75, 3.05) is 12.8 Å². The van der Waals surface area contributed by atoms with E-state index in [9.17, 15) is 4.79 Å². The first-order valence-electron chi connectivity index (χ1n) is 2.89. The van der Waals surface area contributed by atoms with Crippen LogP contribution in [0.25, 0.3) is 0 Å². The number of esters is 1. The van der Waals surface area contributed by atoms with Crippen molar-refractivity contribution < 1.29 is 9.53 Å². The predicted octanol–water partition coefficient (Wildman–Crippen LogP) is -0.155. The molecule has 0 aliphatic rings. The van der Waals surface area contributed by atoms with Crippen molar-refractivity contribution in [3.8, 4) is 0 Å². The zero-order valence-electron chi connectivity index (χ0n) is 5.94. The molecule has 1 rings (SSSR count). The van der Waals surface area contributed by atoms with Gasteiger partial charge in [0.25, 0.3) is 0 Å². The Morgan fingerprint density at radius 1 is 1.73 bits per heavy atom. The minimum Gasteiger partial charge on any atom is -0.465 e. The van der Waals surface area contributed by atoms with Crippen molar-refractivity contribution in [2.24, 2.45) is 0 Å². The molecule has 0 amide bonds. The molecule has 1 heterocycles. The molecule has 0 bridgehead atoms. The molecule has 1 aromatic heterocycles. The van der Waals surface area contributed by atoms with Crippen LogP contribution in [0.2, 0.25) is 0 Å². The molecule has 0 atom stereocenters. The zero-order chi connectivity index (χ0) is 8.27. The van der Waals surface area contributed by atoms with Gasteiger partial charge in [0.15, 0.2) is 0 Å². The Morgan fingerprint density at radius 3 is 3.00 bits per heavy atom. The summed E-state index contributed by atoms with van der Waals surface area (Å²) >= 11 is 0. The first-order chi connectivity index (χ1) is 5.25. The molecule has 0 aliphatic heterocycles. The molecule has 11 heavy (non-hydrogen) atoms. The lowest BCUT2D eigenvalue weighted by Crippen LogP contribution is -2.07. The molecule has 5 heteroatoms. The standard InChI is InChI=1S/C6H7N3O2/c1-11-6(10)4-2-8-3-9-5(4)7/h2-3H,1H3,(H2,7,8,9). The molecule has 0 saturated heterocycles. The van der Waals surface area contributed by atoms with Gasteiger partial charge in [0.05, 0.1) is 7.11 Å².